The lowest BCUT2D eigenvalue weighted by molar-refractivity contribution is -0.137. The van der Waals surface area contributed by atoms with E-state index in [4.69, 9.17) is 9.47 Å². The molecular weight excluding hydrogens is 270 g/mol. The normalized spacial score (nSPS) is 21.0. The highest BCUT2D eigenvalue weighted by Crippen LogP contribution is 2.46. The molecule has 0 radical (unpaired) electrons. The number of hydrogen-bond donors (Lipinski definition) is 1. The summed E-state index contributed by atoms with van der Waals surface area (Å²) in [7, 11) is 0. The predicted octanol–water partition coefficient (Wildman–Crippen LogP) is 2.94. The number of ether oxygens (including phenoxy) is 2. The Morgan fingerprint density at radius 1 is 1.19 bits per heavy atom. The van der Waals surface area contributed by atoms with Crippen molar-refractivity contribution in [1.82, 2.24) is 5.32 Å². The molecule has 0 heterocycles. The second-order valence-corrected chi connectivity index (χ2v) is 5.94. The number of carbonyl (C=O) groups is 2. The van der Waals surface area contributed by atoms with E-state index in [0.717, 1.165) is 31.8 Å². The van der Waals surface area contributed by atoms with Crippen LogP contribution in [0.4, 0.5) is 4.79 Å². The van der Waals surface area contributed by atoms with Gasteiger partial charge in [-0.1, -0.05) is 19.4 Å². The predicted molar refractivity (Wildman–Crippen MR) is 78.8 cm³/mol. The molecule has 21 heavy (non-hydrogen) atoms. The molecule has 118 valence electrons. The third-order valence-electron chi connectivity index (χ3n) is 4.63. The molecule has 0 atom stereocenters. The van der Waals surface area contributed by atoms with Crippen LogP contribution in [0.1, 0.15) is 51.4 Å². The minimum absolute atomic E-state index is 0.135. The Morgan fingerprint density at radius 3 is 2.48 bits per heavy atom. The van der Waals surface area contributed by atoms with Crippen LogP contribution in [0, 0.1) is 5.92 Å². The van der Waals surface area contributed by atoms with Crippen LogP contribution >= 0.6 is 0 Å². The number of rotatable bonds is 6. The molecule has 2 fully saturated rings. The highest BCUT2D eigenvalue weighted by Gasteiger charge is 2.45. The Balaban J connectivity index is 1.76. The van der Waals surface area contributed by atoms with Gasteiger partial charge in [-0.3, -0.25) is 0 Å². The number of amides is 1. The third kappa shape index (κ3) is 4.22. The Bertz CT molecular complexity index is 382. The van der Waals surface area contributed by atoms with Gasteiger partial charge in [0.1, 0.15) is 12.2 Å². The van der Waals surface area contributed by atoms with E-state index in [1.54, 1.807) is 0 Å². The lowest BCUT2D eigenvalue weighted by Crippen LogP contribution is -2.43. The van der Waals surface area contributed by atoms with Crippen LogP contribution in [0.15, 0.2) is 12.7 Å². The highest BCUT2D eigenvalue weighted by atomic mass is 16.6. The first-order valence-electron chi connectivity index (χ1n) is 7.92. The standard InChI is InChI=1S/C16H25NO4/c1-2-14(18)20-12-11-17-15(19)21-16(9-5-6-10-16)13-7-3-4-8-13/h2,13H,1,3-12H2,(H,17,19). The van der Waals surface area contributed by atoms with Crippen LogP contribution in [0.5, 0.6) is 0 Å². The van der Waals surface area contributed by atoms with Crippen LogP contribution in [-0.4, -0.2) is 30.8 Å². The molecule has 0 unspecified atom stereocenters. The molecule has 0 saturated heterocycles. The van der Waals surface area contributed by atoms with Gasteiger partial charge in [-0.2, -0.15) is 0 Å². The van der Waals surface area contributed by atoms with Crippen LogP contribution in [0.2, 0.25) is 0 Å². The minimum atomic E-state index is -0.483. The third-order valence-corrected chi connectivity index (χ3v) is 4.63. The van der Waals surface area contributed by atoms with Crippen LogP contribution in [-0.2, 0) is 14.3 Å². The first-order valence-corrected chi connectivity index (χ1v) is 7.92. The number of hydrogen-bond acceptors (Lipinski definition) is 4. The molecule has 0 aliphatic heterocycles. The van der Waals surface area contributed by atoms with Crippen molar-refractivity contribution in [1.29, 1.82) is 0 Å². The summed E-state index contributed by atoms with van der Waals surface area (Å²) < 4.78 is 10.6. The van der Waals surface area contributed by atoms with E-state index in [1.807, 2.05) is 0 Å². The van der Waals surface area contributed by atoms with Crippen LogP contribution < -0.4 is 5.32 Å². The Kier molecular flexibility index (Phi) is 5.65. The van der Waals surface area contributed by atoms with Gasteiger partial charge in [0.05, 0.1) is 6.54 Å². The Labute approximate surface area is 126 Å². The van der Waals surface area contributed by atoms with Crippen molar-refractivity contribution >= 4 is 12.1 Å². The summed E-state index contributed by atoms with van der Waals surface area (Å²) in [6, 6.07) is 0. The van der Waals surface area contributed by atoms with Gasteiger partial charge in [0.2, 0.25) is 0 Å². The average Bonchev–Trinajstić information content (AvgIpc) is 3.14. The van der Waals surface area contributed by atoms with Gasteiger partial charge in [0, 0.05) is 6.08 Å². The smallest absolute Gasteiger partial charge is 0.407 e. The molecule has 5 heteroatoms. The zero-order valence-corrected chi connectivity index (χ0v) is 12.6. The minimum Gasteiger partial charge on any atom is -0.461 e. The van der Waals surface area contributed by atoms with Gasteiger partial charge in [-0.25, -0.2) is 9.59 Å². The number of carbonyl (C=O) groups excluding carboxylic acids is 2. The van der Waals surface area contributed by atoms with Crippen molar-refractivity contribution < 1.29 is 19.1 Å². The van der Waals surface area contributed by atoms with Gasteiger partial charge in [0.15, 0.2) is 0 Å². The molecule has 1 N–H and O–H groups in total. The largest absolute Gasteiger partial charge is 0.461 e. The maximum atomic E-state index is 12.0. The molecule has 0 aromatic heterocycles. The first-order chi connectivity index (χ1) is 10.2. The monoisotopic (exact) mass is 295 g/mol. The van der Waals surface area contributed by atoms with Crippen molar-refractivity contribution in [2.24, 2.45) is 5.92 Å². The average molecular weight is 295 g/mol. The van der Waals surface area contributed by atoms with Gasteiger partial charge in [-0.05, 0) is 44.4 Å². The quantitative estimate of drug-likeness (QED) is 0.465. The number of alkyl carbamates (subject to hydrolysis) is 1. The van der Waals surface area contributed by atoms with Crippen molar-refractivity contribution in [3.8, 4) is 0 Å². The molecule has 0 bridgehead atoms. The molecular formula is C16H25NO4. The molecule has 2 rings (SSSR count). The van der Waals surface area contributed by atoms with Crippen molar-refractivity contribution in [3.05, 3.63) is 12.7 Å². The highest BCUT2D eigenvalue weighted by molar-refractivity contribution is 5.81. The summed E-state index contributed by atoms with van der Waals surface area (Å²) in [6.07, 6.45) is 9.79. The zero-order valence-electron chi connectivity index (χ0n) is 12.6. The molecule has 1 amide bonds. The SMILES string of the molecule is C=CC(=O)OCCNC(=O)OC1(C2CCCC2)CCCC1. The molecule has 2 saturated carbocycles. The topological polar surface area (TPSA) is 64.6 Å². The molecule has 0 aromatic carbocycles. The molecule has 0 aromatic rings. The Morgan fingerprint density at radius 2 is 1.86 bits per heavy atom. The van der Waals surface area contributed by atoms with E-state index in [1.165, 1.54) is 25.7 Å². The fraction of sp³-hybridized carbons (Fsp3) is 0.750. The number of nitrogens with one attached hydrogen (secondary N) is 1. The Hall–Kier alpha value is -1.52. The van der Waals surface area contributed by atoms with Gasteiger partial charge in [0.25, 0.3) is 0 Å². The van der Waals surface area contributed by atoms with Crippen molar-refractivity contribution in [2.75, 3.05) is 13.2 Å². The van der Waals surface area contributed by atoms with Gasteiger partial charge < -0.3 is 14.8 Å². The van der Waals surface area contributed by atoms with Crippen molar-refractivity contribution in [2.45, 2.75) is 57.0 Å². The van der Waals surface area contributed by atoms with Crippen LogP contribution in [0.25, 0.3) is 0 Å². The first kappa shape index (κ1) is 15.9. The van der Waals surface area contributed by atoms with Crippen molar-refractivity contribution in [3.63, 3.8) is 0 Å². The molecule has 2 aliphatic carbocycles. The van der Waals surface area contributed by atoms with E-state index in [2.05, 4.69) is 11.9 Å². The fourth-order valence-electron chi connectivity index (χ4n) is 3.60. The van der Waals surface area contributed by atoms with Crippen LogP contribution in [0.3, 0.4) is 0 Å². The summed E-state index contributed by atoms with van der Waals surface area (Å²) in [5, 5.41) is 2.66. The van der Waals surface area contributed by atoms with E-state index in [-0.39, 0.29) is 18.8 Å². The lowest BCUT2D eigenvalue weighted by Gasteiger charge is -2.35. The van der Waals surface area contributed by atoms with Gasteiger partial charge >= 0.3 is 12.1 Å². The fourth-order valence-corrected chi connectivity index (χ4v) is 3.60. The second-order valence-electron chi connectivity index (χ2n) is 5.94. The number of esters is 1. The maximum Gasteiger partial charge on any atom is 0.407 e. The van der Waals surface area contributed by atoms with E-state index >= 15 is 0 Å². The summed E-state index contributed by atoms with van der Waals surface area (Å²) in [5.41, 5.74) is -0.252. The van der Waals surface area contributed by atoms with Gasteiger partial charge in [-0.15, -0.1) is 0 Å². The summed E-state index contributed by atoms with van der Waals surface area (Å²) >= 11 is 0. The van der Waals surface area contributed by atoms with E-state index < -0.39 is 12.1 Å². The second kappa shape index (κ2) is 7.48. The zero-order chi connectivity index (χ0) is 15.1. The molecule has 5 nitrogen and oxygen atoms in total. The van der Waals surface area contributed by atoms with E-state index in [0.29, 0.717) is 5.92 Å². The molecule has 0 spiro atoms. The summed E-state index contributed by atoms with van der Waals surface area (Å²) in [6.45, 7) is 3.71. The van der Waals surface area contributed by atoms with E-state index in [9.17, 15) is 9.59 Å². The summed E-state index contributed by atoms with van der Waals surface area (Å²) in [4.78, 5) is 22.9. The maximum absolute atomic E-state index is 12.0. The summed E-state index contributed by atoms with van der Waals surface area (Å²) in [5.74, 6) is 0.0349. The molecule has 2 aliphatic rings. The lowest BCUT2D eigenvalue weighted by atomic mass is 9.84.